The number of hydrogen-bond donors (Lipinski definition) is 2. The molecule has 4 amide bonds. The highest BCUT2D eigenvalue weighted by Crippen LogP contribution is 2.46. The Morgan fingerprint density at radius 3 is 2.60 bits per heavy atom. The molecule has 0 unspecified atom stereocenters. The number of piperidine rings is 1. The number of amides is 4. The summed E-state index contributed by atoms with van der Waals surface area (Å²) < 4.78 is 63.9. The Morgan fingerprint density at radius 2 is 1.87 bits per heavy atom. The number of halogens is 2. The van der Waals surface area contributed by atoms with E-state index in [2.05, 4.69) is 23.9 Å². The fraction of sp³-hybridized carbons (Fsp3) is 0.600. The number of aryl methyl sites for hydroxylation is 2. The molecule has 5 heterocycles. The molecule has 2 saturated heterocycles. The van der Waals surface area contributed by atoms with E-state index in [1.807, 2.05) is 49.6 Å². The van der Waals surface area contributed by atoms with Crippen molar-refractivity contribution in [1.29, 1.82) is 0 Å². The van der Waals surface area contributed by atoms with Crippen molar-refractivity contribution in [2.45, 2.75) is 140 Å². The third kappa shape index (κ3) is 9.25. The van der Waals surface area contributed by atoms with E-state index in [0.29, 0.717) is 48.6 Å². The average molecular weight is 895 g/mol. The molecule has 17 heteroatoms. The number of rotatable bonds is 9. The molecule has 4 fully saturated rings. The van der Waals surface area contributed by atoms with Crippen LogP contribution in [-0.4, -0.2) is 100 Å². The monoisotopic (exact) mass is 894 g/mol. The van der Waals surface area contributed by atoms with Crippen molar-refractivity contribution in [3.8, 4) is 16.5 Å². The van der Waals surface area contributed by atoms with E-state index in [4.69, 9.17) is 14.7 Å². The predicted molar refractivity (Wildman–Crippen MR) is 231 cm³/mol. The van der Waals surface area contributed by atoms with Gasteiger partial charge < -0.3 is 19.9 Å². The fourth-order valence-corrected chi connectivity index (χ4v) is 11.4. The summed E-state index contributed by atoms with van der Waals surface area (Å²) in [7, 11) is -3.94. The molecular weight excluding hydrogens is 839 g/mol. The first-order valence-corrected chi connectivity index (χ1v) is 24.4. The third-order valence-corrected chi connectivity index (χ3v) is 15.9. The Balaban J connectivity index is 1.13. The molecule has 8 rings (SSSR count). The molecule has 3 aromatic rings. The van der Waals surface area contributed by atoms with Gasteiger partial charge in [0.15, 0.2) is 0 Å². The molecule has 2 aromatic heterocycles. The number of thiazole rings is 1. The number of aromatic nitrogens is 2. The van der Waals surface area contributed by atoms with Crippen LogP contribution in [0.5, 0.6) is 5.75 Å². The molecule has 5 atom stereocenters. The van der Waals surface area contributed by atoms with Crippen molar-refractivity contribution in [3.05, 3.63) is 52.6 Å². The number of benzene rings is 1. The number of pyridine rings is 1. The van der Waals surface area contributed by atoms with Gasteiger partial charge in [-0.05, 0) is 81.9 Å². The van der Waals surface area contributed by atoms with Crippen LogP contribution in [0.25, 0.3) is 21.6 Å². The Kier molecular flexibility index (Phi) is 12.3. The number of ether oxygens (including phenoxy) is 1. The lowest BCUT2D eigenvalue weighted by atomic mass is 9.94. The number of allylic oxidation sites excluding steroid dienone is 1. The molecule has 1 aromatic carbocycles. The summed E-state index contributed by atoms with van der Waals surface area (Å²) >= 11 is 1.48. The number of alkyl halides is 2. The van der Waals surface area contributed by atoms with Crippen molar-refractivity contribution >= 4 is 55.9 Å². The highest BCUT2D eigenvalue weighted by atomic mass is 32.2. The van der Waals surface area contributed by atoms with E-state index in [1.165, 1.54) is 16.2 Å². The van der Waals surface area contributed by atoms with E-state index < -0.39 is 80.9 Å². The molecule has 0 bridgehead atoms. The van der Waals surface area contributed by atoms with Gasteiger partial charge in [0.2, 0.25) is 27.7 Å². The lowest BCUT2D eigenvalue weighted by Crippen LogP contribution is -2.57. The smallest absolute Gasteiger partial charge is 0.265 e. The van der Waals surface area contributed by atoms with E-state index >= 15 is 0 Å². The van der Waals surface area contributed by atoms with E-state index in [9.17, 15) is 36.4 Å². The maximum Gasteiger partial charge on any atom is 0.265 e. The molecule has 2 saturated carbocycles. The molecular formula is C45H56F2N6O7S2. The maximum atomic E-state index is 14.9. The van der Waals surface area contributed by atoms with E-state index in [-0.39, 0.29) is 51.1 Å². The van der Waals surface area contributed by atoms with Gasteiger partial charge in [-0.15, -0.1) is 11.3 Å². The first kappa shape index (κ1) is 44.1. The van der Waals surface area contributed by atoms with Crippen LogP contribution >= 0.6 is 11.3 Å². The highest BCUT2D eigenvalue weighted by molar-refractivity contribution is 7.91. The second-order valence-electron chi connectivity index (χ2n) is 18.3. The largest absolute Gasteiger partial charge is 0.488 e. The van der Waals surface area contributed by atoms with Crippen LogP contribution in [-0.2, 0) is 29.2 Å². The standard InChI is InChI=1S/C45H56F2N6O7S2/c1-26(2)35-24-61-41(49-35)34-21-37(33-16-13-27(3)28(4)39(33)48-34)60-31-20-36-40(55)50-45(43(57)51-62(58,59)32-14-15-32)22-30(45)12-9-7-5-6-8-11-29(42(56)53(36)23-31)19-38(54)52-18-10-17-44(46,47)25-52/h9,12-13,16,21,24,26,29-32,36H,5-8,10-11,14-15,17-20,22-23,25H2,1-4H3,(H,50,55)(H,51,57)/b12-9-/t29-,30-,31-,36+,45-/m1/s1. The summed E-state index contributed by atoms with van der Waals surface area (Å²) in [4.78, 5) is 69.6. The zero-order valence-corrected chi connectivity index (χ0v) is 37.4. The average Bonchev–Trinajstić information content (AvgIpc) is 4.09. The minimum Gasteiger partial charge on any atom is -0.488 e. The van der Waals surface area contributed by atoms with Crippen LogP contribution in [0.15, 0.2) is 35.7 Å². The Morgan fingerprint density at radius 1 is 1.08 bits per heavy atom. The van der Waals surface area contributed by atoms with Gasteiger partial charge in [-0.3, -0.25) is 23.9 Å². The van der Waals surface area contributed by atoms with Gasteiger partial charge in [-0.1, -0.05) is 44.9 Å². The number of fused-ring (bicyclic) bond motifs is 3. The Hall–Kier alpha value is -4.51. The lowest BCUT2D eigenvalue weighted by Gasteiger charge is -2.34. The van der Waals surface area contributed by atoms with E-state index in [1.54, 1.807) is 0 Å². The number of nitrogens with one attached hydrogen (secondary N) is 2. The fourth-order valence-electron chi connectivity index (χ4n) is 9.05. The number of carbonyl (C=O) groups is 4. The molecule has 5 aliphatic rings. The van der Waals surface area contributed by atoms with Gasteiger partial charge in [0.1, 0.15) is 34.1 Å². The second-order valence-corrected chi connectivity index (χ2v) is 21.1. The minimum absolute atomic E-state index is 0.0217. The van der Waals surface area contributed by atoms with Crippen LogP contribution in [0, 0.1) is 25.7 Å². The number of sulfonamides is 1. The summed E-state index contributed by atoms with van der Waals surface area (Å²) in [5.74, 6) is -6.15. The van der Waals surface area contributed by atoms with Crippen molar-refractivity contribution in [3.63, 3.8) is 0 Å². The van der Waals surface area contributed by atoms with Crippen LogP contribution in [0.3, 0.4) is 0 Å². The number of hydrogen-bond acceptors (Lipinski definition) is 10. The first-order chi connectivity index (χ1) is 29.4. The van der Waals surface area contributed by atoms with Gasteiger partial charge in [-0.25, -0.2) is 27.2 Å². The summed E-state index contributed by atoms with van der Waals surface area (Å²) in [6.45, 7) is 7.56. The lowest BCUT2D eigenvalue weighted by molar-refractivity contribution is -0.148. The zero-order chi connectivity index (χ0) is 44.1. The molecule has 2 N–H and O–H groups in total. The minimum atomic E-state index is -3.94. The van der Waals surface area contributed by atoms with Crippen molar-refractivity contribution in [2.75, 3.05) is 19.6 Å². The van der Waals surface area contributed by atoms with Crippen molar-refractivity contribution < 1.29 is 41.1 Å². The molecule has 0 spiro atoms. The quantitative estimate of drug-likeness (QED) is 0.222. The number of carbonyl (C=O) groups excluding carboxylic acids is 4. The normalized spacial score (nSPS) is 27.5. The molecule has 334 valence electrons. The molecule has 3 aliphatic heterocycles. The SMILES string of the molecule is Cc1ccc2c(O[C@@H]3C[C@H]4C(=O)N[C@]5(C(=O)NS(=O)(=O)C6CC6)C[C@H]5/C=C\CCCCC[C@H](CC(=O)N5CCCC(F)(F)C5)C(=O)N4C3)cc(-c3nc(C(C)C)cs3)nc2c1C. The molecule has 0 radical (unpaired) electrons. The van der Waals surface area contributed by atoms with Crippen LogP contribution < -0.4 is 14.8 Å². The first-order valence-electron chi connectivity index (χ1n) is 22.0. The van der Waals surface area contributed by atoms with Crippen LogP contribution in [0.2, 0.25) is 0 Å². The highest BCUT2D eigenvalue weighted by Gasteiger charge is 2.62. The second kappa shape index (κ2) is 17.2. The van der Waals surface area contributed by atoms with Crippen molar-refractivity contribution in [2.24, 2.45) is 11.8 Å². The van der Waals surface area contributed by atoms with Gasteiger partial charge >= 0.3 is 0 Å². The Labute approximate surface area is 365 Å². The van der Waals surface area contributed by atoms with Gasteiger partial charge in [0.05, 0.1) is 29.6 Å². The Bertz CT molecular complexity index is 2400. The number of likely N-dealkylation sites (tertiary alicyclic amines) is 1. The van der Waals surface area contributed by atoms with Crippen molar-refractivity contribution in [1.82, 2.24) is 29.8 Å². The maximum absolute atomic E-state index is 14.9. The van der Waals surface area contributed by atoms with Gasteiger partial charge in [0, 0.05) is 54.5 Å². The zero-order valence-electron chi connectivity index (χ0n) is 35.8. The molecule has 62 heavy (non-hydrogen) atoms. The van der Waals surface area contributed by atoms with Gasteiger partial charge in [-0.2, -0.15) is 0 Å². The van der Waals surface area contributed by atoms with Crippen LogP contribution in [0.1, 0.15) is 114 Å². The topological polar surface area (TPSA) is 168 Å². The summed E-state index contributed by atoms with van der Waals surface area (Å²) in [5.41, 5.74) is 2.73. The number of nitrogens with zero attached hydrogens (tertiary/aromatic N) is 4. The van der Waals surface area contributed by atoms with Gasteiger partial charge in [0.25, 0.3) is 11.8 Å². The summed E-state index contributed by atoms with van der Waals surface area (Å²) in [5, 5.41) is 5.71. The molecule has 2 aliphatic carbocycles. The van der Waals surface area contributed by atoms with Crippen LogP contribution in [0.4, 0.5) is 8.78 Å². The predicted octanol–water partition coefficient (Wildman–Crippen LogP) is 6.71. The summed E-state index contributed by atoms with van der Waals surface area (Å²) in [6, 6.07) is 4.58. The third-order valence-electron chi connectivity index (χ3n) is 13.2. The molecule has 13 nitrogen and oxygen atoms in total. The summed E-state index contributed by atoms with van der Waals surface area (Å²) in [6.07, 6.45) is 6.75. The van der Waals surface area contributed by atoms with E-state index in [0.717, 1.165) is 45.5 Å².